The summed E-state index contributed by atoms with van der Waals surface area (Å²) in [6.07, 6.45) is -2.03. The average molecular weight is 353 g/mol. The van der Waals surface area contributed by atoms with Crippen LogP contribution in [0.3, 0.4) is 0 Å². The third-order valence-electron chi connectivity index (χ3n) is 3.32. The molecule has 1 aromatic carbocycles. The molecular formula is C15H14F3N5O2. The number of aromatic nitrogens is 2. The van der Waals surface area contributed by atoms with Gasteiger partial charge in [-0.3, -0.25) is 9.48 Å². The molecule has 0 aliphatic rings. The fraction of sp³-hybridized carbons (Fsp3) is 0.267. The van der Waals surface area contributed by atoms with Crippen molar-refractivity contribution in [2.45, 2.75) is 25.2 Å². The number of anilines is 2. The minimum atomic E-state index is -4.75. The number of carbonyl (C=O) groups is 1. The number of nitrogens with zero attached hydrogens (tertiary/aromatic N) is 3. The maximum atomic E-state index is 12.9. The number of halogens is 3. The standard InChI is InChI=1S/C15H14F3N5O2/c1-14(25,8-23-7-10(20)6-21-23)13(24)22-11-3-2-9(5-19)12(4-11)15(16,17)18/h2-4,6-7,25H,8,20H2,1H3,(H,22,24)/t14-/m1/s1. The molecule has 2 rings (SSSR count). The molecule has 0 spiro atoms. The lowest BCUT2D eigenvalue weighted by atomic mass is 10.0. The van der Waals surface area contributed by atoms with E-state index >= 15 is 0 Å². The number of alkyl halides is 3. The number of hydrogen-bond acceptors (Lipinski definition) is 5. The molecular weight excluding hydrogens is 339 g/mol. The number of rotatable bonds is 4. The number of nitrogens with two attached hydrogens (primary N) is 1. The summed E-state index contributed by atoms with van der Waals surface area (Å²) in [6, 6.07) is 4.17. The molecule has 0 saturated carbocycles. The summed E-state index contributed by atoms with van der Waals surface area (Å²) in [7, 11) is 0. The lowest BCUT2D eigenvalue weighted by Crippen LogP contribution is -2.43. The van der Waals surface area contributed by atoms with Crippen LogP contribution >= 0.6 is 0 Å². The molecule has 0 bridgehead atoms. The molecule has 1 atom stereocenters. The molecule has 0 aliphatic heterocycles. The number of nitrogen functional groups attached to an aromatic ring is 1. The molecule has 25 heavy (non-hydrogen) atoms. The first kappa shape index (κ1) is 18.3. The molecule has 2 aromatic rings. The van der Waals surface area contributed by atoms with Crippen LogP contribution in [0.1, 0.15) is 18.1 Å². The number of nitrogens with one attached hydrogen (secondary N) is 1. The van der Waals surface area contributed by atoms with Crippen molar-refractivity contribution in [2.75, 3.05) is 11.1 Å². The zero-order valence-electron chi connectivity index (χ0n) is 13.0. The summed E-state index contributed by atoms with van der Waals surface area (Å²) in [5.74, 6) is -0.931. The van der Waals surface area contributed by atoms with Gasteiger partial charge in [0.05, 0.1) is 35.6 Å². The molecule has 0 radical (unpaired) electrons. The molecule has 10 heteroatoms. The Morgan fingerprint density at radius 3 is 2.68 bits per heavy atom. The highest BCUT2D eigenvalue weighted by atomic mass is 19.4. The summed E-state index contributed by atoms with van der Waals surface area (Å²) in [6.45, 7) is 0.937. The number of carbonyl (C=O) groups excluding carboxylic acids is 1. The minimum absolute atomic E-state index is 0.198. The van der Waals surface area contributed by atoms with E-state index in [9.17, 15) is 23.1 Å². The SMILES string of the molecule is C[C@@](O)(Cn1cc(N)cn1)C(=O)Nc1ccc(C#N)c(C(F)(F)F)c1. The van der Waals surface area contributed by atoms with Gasteiger partial charge >= 0.3 is 6.18 Å². The summed E-state index contributed by atoms with van der Waals surface area (Å²) in [5, 5.41) is 25.0. The van der Waals surface area contributed by atoms with Crippen LogP contribution in [0.4, 0.5) is 24.5 Å². The quantitative estimate of drug-likeness (QED) is 0.774. The number of benzene rings is 1. The van der Waals surface area contributed by atoms with E-state index in [0.29, 0.717) is 11.8 Å². The van der Waals surface area contributed by atoms with Crippen LogP contribution in [0.25, 0.3) is 0 Å². The van der Waals surface area contributed by atoms with Crippen LogP contribution in [0.2, 0.25) is 0 Å². The van der Waals surface area contributed by atoms with E-state index in [1.54, 1.807) is 0 Å². The summed E-state index contributed by atoms with van der Waals surface area (Å²) in [5.41, 5.74) is 1.92. The van der Waals surface area contributed by atoms with Gasteiger partial charge in [-0.15, -0.1) is 0 Å². The Morgan fingerprint density at radius 1 is 1.48 bits per heavy atom. The lowest BCUT2D eigenvalue weighted by Gasteiger charge is -2.22. The Bertz CT molecular complexity index is 836. The zero-order valence-corrected chi connectivity index (χ0v) is 13.0. The van der Waals surface area contributed by atoms with E-state index in [0.717, 1.165) is 12.1 Å². The maximum Gasteiger partial charge on any atom is 0.417 e. The normalized spacial score (nSPS) is 13.8. The highest BCUT2D eigenvalue weighted by Crippen LogP contribution is 2.33. The van der Waals surface area contributed by atoms with Crippen LogP contribution in [0.15, 0.2) is 30.6 Å². The van der Waals surface area contributed by atoms with Crippen molar-refractivity contribution >= 4 is 17.3 Å². The Morgan fingerprint density at radius 2 is 2.16 bits per heavy atom. The summed E-state index contributed by atoms with van der Waals surface area (Å²) in [4.78, 5) is 12.2. The van der Waals surface area contributed by atoms with E-state index in [1.807, 2.05) is 0 Å². The van der Waals surface area contributed by atoms with E-state index < -0.39 is 28.8 Å². The highest BCUT2D eigenvalue weighted by molar-refractivity contribution is 5.96. The second-order valence-electron chi connectivity index (χ2n) is 5.57. The molecule has 0 unspecified atom stereocenters. The van der Waals surface area contributed by atoms with Gasteiger partial charge in [0.1, 0.15) is 0 Å². The fourth-order valence-electron chi connectivity index (χ4n) is 2.07. The minimum Gasteiger partial charge on any atom is -0.396 e. The van der Waals surface area contributed by atoms with Crippen LogP contribution in [-0.2, 0) is 17.5 Å². The summed E-state index contributed by atoms with van der Waals surface area (Å²) >= 11 is 0. The van der Waals surface area contributed by atoms with Gasteiger partial charge < -0.3 is 16.2 Å². The molecule has 4 N–H and O–H groups in total. The maximum absolute atomic E-state index is 12.9. The fourth-order valence-corrected chi connectivity index (χ4v) is 2.07. The number of aliphatic hydroxyl groups is 1. The van der Waals surface area contributed by atoms with Gasteiger partial charge in [0.25, 0.3) is 5.91 Å². The Kier molecular flexibility index (Phi) is 4.71. The van der Waals surface area contributed by atoms with Crippen molar-refractivity contribution in [1.82, 2.24) is 9.78 Å². The van der Waals surface area contributed by atoms with E-state index in [1.165, 1.54) is 30.1 Å². The topological polar surface area (TPSA) is 117 Å². The number of amides is 1. The second-order valence-corrected chi connectivity index (χ2v) is 5.57. The van der Waals surface area contributed by atoms with E-state index in [-0.39, 0.29) is 12.2 Å². The third kappa shape index (κ3) is 4.27. The van der Waals surface area contributed by atoms with Crippen molar-refractivity contribution < 1.29 is 23.1 Å². The number of nitriles is 1. The van der Waals surface area contributed by atoms with Gasteiger partial charge in [-0.2, -0.15) is 23.5 Å². The largest absolute Gasteiger partial charge is 0.417 e. The van der Waals surface area contributed by atoms with Gasteiger partial charge in [0, 0.05) is 11.9 Å². The zero-order chi connectivity index (χ0) is 18.8. The third-order valence-corrected chi connectivity index (χ3v) is 3.32. The first-order chi connectivity index (χ1) is 11.5. The molecule has 0 aliphatic carbocycles. The van der Waals surface area contributed by atoms with Gasteiger partial charge in [0.2, 0.25) is 0 Å². The van der Waals surface area contributed by atoms with Crippen molar-refractivity contribution in [3.8, 4) is 6.07 Å². The number of hydrogen-bond donors (Lipinski definition) is 3. The van der Waals surface area contributed by atoms with Crippen LogP contribution in [0, 0.1) is 11.3 Å². The van der Waals surface area contributed by atoms with Crippen LogP contribution in [-0.4, -0.2) is 26.4 Å². The second kappa shape index (κ2) is 6.45. The van der Waals surface area contributed by atoms with Crippen LogP contribution in [0.5, 0.6) is 0 Å². The van der Waals surface area contributed by atoms with Gasteiger partial charge in [-0.05, 0) is 25.1 Å². The van der Waals surface area contributed by atoms with E-state index in [2.05, 4.69) is 10.4 Å². The van der Waals surface area contributed by atoms with Crippen molar-refractivity contribution in [3.05, 3.63) is 41.7 Å². The molecule has 1 heterocycles. The van der Waals surface area contributed by atoms with Gasteiger partial charge in [-0.1, -0.05) is 0 Å². The molecule has 0 saturated heterocycles. The first-order valence-electron chi connectivity index (χ1n) is 6.96. The molecule has 1 aromatic heterocycles. The molecule has 7 nitrogen and oxygen atoms in total. The lowest BCUT2D eigenvalue weighted by molar-refractivity contribution is -0.138. The van der Waals surface area contributed by atoms with Crippen molar-refractivity contribution in [1.29, 1.82) is 5.26 Å². The first-order valence-corrected chi connectivity index (χ1v) is 6.96. The van der Waals surface area contributed by atoms with Crippen LogP contribution < -0.4 is 11.1 Å². The highest BCUT2D eigenvalue weighted by Gasteiger charge is 2.35. The predicted molar refractivity (Wildman–Crippen MR) is 82.1 cm³/mol. The molecule has 132 valence electrons. The monoisotopic (exact) mass is 353 g/mol. The van der Waals surface area contributed by atoms with Gasteiger partial charge in [-0.25, -0.2) is 0 Å². The van der Waals surface area contributed by atoms with E-state index in [4.69, 9.17) is 11.0 Å². The Balaban J connectivity index is 2.21. The average Bonchev–Trinajstić information content (AvgIpc) is 2.90. The molecule has 0 fully saturated rings. The Hall–Kier alpha value is -3.06. The van der Waals surface area contributed by atoms with Gasteiger partial charge in [0.15, 0.2) is 5.60 Å². The van der Waals surface area contributed by atoms with Crippen molar-refractivity contribution in [3.63, 3.8) is 0 Å². The molecule has 1 amide bonds. The summed E-state index contributed by atoms with van der Waals surface area (Å²) < 4.78 is 40.1. The smallest absolute Gasteiger partial charge is 0.396 e. The van der Waals surface area contributed by atoms with Crippen molar-refractivity contribution in [2.24, 2.45) is 0 Å². The Labute approximate surface area is 140 Å². The predicted octanol–water partition coefficient (Wildman–Crippen LogP) is 1.75.